The van der Waals surface area contributed by atoms with Crippen LogP contribution in [0.2, 0.25) is 18.1 Å². The fraction of sp³-hybridized carbons (Fsp3) is 0.632. The fourth-order valence-corrected chi connectivity index (χ4v) is 3.80. The van der Waals surface area contributed by atoms with Crippen LogP contribution in [-0.2, 0) is 15.8 Å². The predicted molar refractivity (Wildman–Crippen MR) is 108 cm³/mol. The number of anilines is 1. The number of halogens is 2. The number of alkyl halides is 1. The van der Waals surface area contributed by atoms with Crippen molar-refractivity contribution in [3.63, 3.8) is 0 Å². The highest BCUT2D eigenvalue weighted by molar-refractivity contribution is 6.74. The second-order valence-corrected chi connectivity index (χ2v) is 13.4. The van der Waals surface area contributed by atoms with Gasteiger partial charge in [0.2, 0.25) is 5.91 Å². The third-order valence-electron chi connectivity index (χ3n) is 5.54. The van der Waals surface area contributed by atoms with E-state index in [0.717, 1.165) is 0 Å². The van der Waals surface area contributed by atoms with Crippen molar-refractivity contribution in [1.82, 2.24) is 4.90 Å². The Balaban J connectivity index is 2.07. The Kier molecular flexibility index (Phi) is 6.74. The van der Waals surface area contributed by atoms with Crippen LogP contribution in [0.25, 0.3) is 0 Å². The van der Waals surface area contributed by atoms with E-state index in [0.29, 0.717) is 44.0 Å². The Morgan fingerprint density at radius 3 is 2.38 bits per heavy atom. The fourth-order valence-electron chi connectivity index (χ4n) is 2.68. The minimum absolute atomic E-state index is 0.00532. The van der Waals surface area contributed by atoms with E-state index in [1.807, 2.05) is 11.0 Å². The van der Waals surface area contributed by atoms with E-state index in [1.54, 1.807) is 17.0 Å². The average Bonchev–Trinajstić information content (AvgIpc) is 2.59. The van der Waals surface area contributed by atoms with Crippen LogP contribution in [0.15, 0.2) is 18.2 Å². The van der Waals surface area contributed by atoms with Crippen molar-refractivity contribution in [2.75, 3.05) is 37.0 Å². The molecule has 7 heteroatoms. The van der Waals surface area contributed by atoms with E-state index in [2.05, 4.69) is 33.9 Å². The van der Waals surface area contributed by atoms with Crippen molar-refractivity contribution in [3.8, 4) is 0 Å². The van der Waals surface area contributed by atoms with E-state index in [4.69, 9.17) is 16.0 Å². The van der Waals surface area contributed by atoms with Crippen molar-refractivity contribution >= 4 is 31.5 Å². The molecule has 0 unspecified atom stereocenters. The van der Waals surface area contributed by atoms with Crippen LogP contribution >= 0.6 is 11.6 Å². The lowest BCUT2D eigenvalue weighted by Crippen LogP contribution is -2.49. The maximum absolute atomic E-state index is 15.0. The first-order valence-corrected chi connectivity index (χ1v) is 12.5. The van der Waals surface area contributed by atoms with Crippen LogP contribution in [0.4, 0.5) is 10.1 Å². The Labute approximate surface area is 162 Å². The van der Waals surface area contributed by atoms with Crippen LogP contribution in [0.5, 0.6) is 0 Å². The van der Waals surface area contributed by atoms with Gasteiger partial charge in [-0.3, -0.25) is 4.79 Å². The number of carbonyl (C=O) groups is 1. The average molecular weight is 401 g/mol. The minimum atomic E-state index is -1.93. The summed E-state index contributed by atoms with van der Waals surface area (Å²) in [6, 6.07) is 5.46. The number of hydrogen-bond donors (Lipinski definition) is 0. The van der Waals surface area contributed by atoms with Crippen molar-refractivity contribution in [2.45, 2.75) is 45.5 Å². The third-order valence-corrected chi connectivity index (χ3v) is 10.2. The van der Waals surface area contributed by atoms with Crippen LogP contribution in [0, 0.1) is 5.82 Å². The molecule has 1 amide bonds. The molecule has 0 spiro atoms. The van der Waals surface area contributed by atoms with E-state index >= 15 is 4.39 Å². The van der Waals surface area contributed by atoms with Gasteiger partial charge in [0.25, 0.3) is 0 Å². The first kappa shape index (κ1) is 21.2. The van der Waals surface area contributed by atoms with Crippen LogP contribution in [-0.4, -0.2) is 51.2 Å². The van der Waals surface area contributed by atoms with Crippen molar-refractivity contribution < 1.29 is 13.6 Å². The zero-order chi connectivity index (χ0) is 19.5. The molecule has 2 rings (SSSR count). The SMILES string of the molecule is CC(C)(C)[Si](C)(C)OCc1cccc(N2CCN(C(=O)CCl)CC2)c1F. The summed E-state index contributed by atoms with van der Waals surface area (Å²) in [6.07, 6.45) is 0. The normalized spacial score (nSPS) is 16.1. The molecule has 0 radical (unpaired) electrons. The summed E-state index contributed by atoms with van der Waals surface area (Å²) in [5.41, 5.74) is 1.17. The van der Waals surface area contributed by atoms with Gasteiger partial charge < -0.3 is 14.2 Å². The molecule has 146 valence electrons. The molecule has 1 saturated heterocycles. The summed E-state index contributed by atoms with van der Waals surface area (Å²) in [5.74, 6) is -0.291. The van der Waals surface area contributed by atoms with Gasteiger partial charge in [-0.1, -0.05) is 32.9 Å². The molecule has 1 aromatic rings. The second kappa shape index (κ2) is 8.27. The molecule has 1 aliphatic rings. The maximum atomic E-state index is 15.0. The van der Waals surface area contributed by atoms with Crippen molar-refractivity contribution in [3.05, 3.63) is 29.6 Å². The van der Waals surface area contributed by atoms with Gasteiger partial charge in [0, 0.05) is 31.7 Å². The number of amides is 1. The van der Waals surface area contributed by atoms with Crippen molar-refractivity contribution in [1.29, 1.82) is 0 Å². The highest BCUT2D eigenvalue weighted by Gasteiger charge is 2.37. The number of hydrogen-bond acceptors (Lipinski definition) is 3. The molecule has 1 heterocycles. The number of benzene rings is 1. The van der Waals surface area contributed by atoms with E-state index < -0.39 is 8.32 Å². The second-order valence-electron chi connectivity index (χ2n) is 8.30. The van der Waals surface area contributed by atoms with Crippen LogP contribution in [0.3, 0.4) is 0 Å². The minimum Gasteiger partial charge on any atom is -0.412 e. The van der Waals surface area contributed by atoms with Gasteiger partial charge >= 0.3 is 0 Å². The van der Waals surface area contributed by atoms with E-state index in [1.165, 1.54) is 0 Å². The monoisotopic (exact) mass is 400 g/mol. The summed E-state index contributed by atoms with van der Waals surface area (Å²) >= 11 is 5.61. The number of piperazine rings is 1. The lowest BCUT2D eigenvalue weighted by Gasteiger charge is -2.37. The standard InChI is InChI=1S/C19H30ClFN2O2Si/c1-19(2,3)26(4,5)25-14-15-7-6-8-16(18(15)21)22-9-11-23(12-10-22)17(24)13-20/h6-8H,9-14H2,1-5H3. The molecule has 0 bridgehead atoms. The topological polar surface area (TPSA) is 32.8 Å². The van der Waals surface area contributed by atoms with Crippen molar-refractivity contribution in [2.24, 2.45) is 0 Å². The summed E-state index contributed by atoms with van der Waals surface area (Å²) in [5, 5.41) is 0.0897. The summed E-state index contributed by atoms with van der Waals surface area (Å²) < 4.78 is 21.2. The van der Waals surface area contributed by atoms with Crippen LogP contribution < -0.4 is 4.90 Å². The lowest BCUT2D eigenvalue weighted by molar-refractivity contribution is -0.128. The predicted octanol–water partition coefficient (Wildman–Crippen LogP) is 4.23. The number of carbonyl (C=O) groups excluding carboxylic acids is 1. The number of nitrogens with zero attached hydrogens (tertiary/aromatic N) is 2. The first-order chi connectivity index (χ1) is 12.1. The molecule has 1 aromatic carbocycles. The highest BCUT2D eigenvalue weighted by Crippen LogP contribution is 2.37. The highest BCUT2D eigenvalue weighted by atomic mass is 35.5. The van der Waals surface area contributed by atoms with Gasteiger partial charge in [0.05, 0.1) is 12.3 Å². The molecular formula is C19H30ClFN2O2Si. The zero-order valence-electron chi connectivity index (χ0n) is 16.4. The molecule has 4 nitrogen and oxygen atoms in total. The van der Waals surface area contributed by atoms with Gasteiger partial charge in [0.1, 0.15) is 5.88 Å². The summed E-state index contributed by atoms with van der Waals surface area (Å²) in [6.45, 7) is 13.5. The molecule has 1 fully saturated rings. The molecule has 1 aliphatic heterocycles. The maximum Gasteiger partial charge on any atom is 0.237 e. The molecular weight excluding hydrogens is 371 g/mol. The third kappa shape index (κ3) is 4.78. The van der Waals surface area contributed by atoms with Gasteiger partial charge in [-0.2, -0.15) is 0 Å². The van der Waals surface area contributed by atoms with E-state index in [9.17, 15) is 4.79 Å². The summed E-state index contributed by atoms with van der Waals surface area (Å²) in [4.78, 5) is 15.4. The van der Waals surface area contributed by atoms with Gasteiger partial charge in [-0.25, -0.2) is 4.39 Å². The van der Waals surface area contributed by atoms with Gasteiger partial charge in [-0.05, 0) is 24.2 Å². The Bertz CT molecular complexity index is 641. The summed E-state index contributed by atoms with van der Waals surface area (Å²) in [7, 11) is -1.93. The number of rotatable bonds is 5. The Morgan fingerprint density at radius 2 is 1.85 bits per heavy atom. The van der Waals surface area contributed by atoms with Gasteiger partial charge in [-0.15, -0.1) is 11.6 Å². The first-order valence-electron chi connectivity index (χ1n) is 9.07. The Morgan fingerprint density at radius 1 is 1.23 bits per heavy atom. The van der Waals surface area contributed by atoms with Crippen LogP contribution in [0.1, 0.15) is 26.3 Å². The molecule has 26 heavy (non-hydrogen) atoms. The largest absolute Gasteiger partial charge is 0.412 e. The molecule has 0 aromatic heterocycles. The van der Waals surface area contributed by atoms with E-state index in [-0.39, 0.29) is 22.6 Å². The smallest absolute Gasteiger partial charge is 0.237 e. The lowest BCUT2D eigenvalue weighted by atomic mass is 10.1. The zero-order valence-corrected chi connectivity index (χ0v) is 18.2. The van der Waals surface area contributed by atoms with Gasteiger partial charge in [0.15, 0.2) is 14.1 Å². The molecule has 0 saturated carbocycles. The molecule has 0 aliphatic carbocycles. The quantitative estimate of drug-likeness (QED) is 0.547. The molecule has 0 N–H and O–H groups in total. The Hall–Kier alpha value is -1.11. The molecule has 0 atom stereocenters.